The number of benzene rings is 1. The SMILES string of the molecule is CNC(c1cc(Cl)c(OC)c(OC)c1)c1cnccc1N. The Bertz CT molecular complexity index is 634. The standard InChI is InChI=1S/C15H18ClN3O2/c1-18-14(10-8-19-5-4-12(10)17)9-6-11(16)15(21-3)13(7-9)20-2/h4-8,14,18H,1-3H3,(H2,17,19). The average Bonchev–Trinajstić information content (AvgIpc) is 2.49. The van der Waals surface area contributed by atoms with E-state index in [0.29, 0.717) is 22.2 Å². The normalized spacial score (nSPS) is 12.0. The number of nitrogens with one attached hydrogen (secondary N) is 1. The highest BCUT2D eigenvalue weighted by molar-refractivity contribution is 6.32. The molecule has 3 N–H and O–H groups in total. The molecule has 1 unspecified atom stereocenters. The van der Waals surface area contributed by atoms with E-state index in [-0.39, 0.29) is 6.04 Å². The number of methoxy groups -OCH3 is 2. The Morgan fingerprint density at radius 3 is 2.62 bits per heavy atom. The van der Waals surface area contributed by atoms with Gasteiger partial charge in [-0.15, -0.1) is 0 Å². The lowest BCUT2D eigenvalue weighted by molar-refractivity contribution is 0.354. The van der Waals surface area contributed by atoms with Gasteiger partial charge < -0.3 is 20.5 Å². The Morgan fingerprint density at radius 1 is 1.29 bits per heavy atom. The molecular formula is C15H18ClN3O2. The van der Waals surface area contributed by atoms with Crippen LogP contribution in [0.15, 0.2) is 30.6 Å². The van der Waals surface area contributed by atoms with E-state index in [9.17, 15) is 0 Å². The van der Waals surface area contributed by atoms with Crippen molar-refractivity contribution in [1.82, 2.24) is 10.3 Å². The van der Waals surface area contributed by atoms with Crippen LogP contribution in [-0.4, -0.2) is 26.3 Å². The molecule has 0 radical (unpaired) electrons. The summed E-state index contributed by atoms with van der Waals surface area (Å²) in [6.07, 6.45) is 3.40. The molecule has 0 aliphatic heterocycles. The zero-order valence-electron chi connectivity index (χ0n) is 12.2. The maximum atomic E-state index is 6.26. The quantitative estimate of drug-likeness (QED) is 0.888. The highest BCUT2D eigenvalue weighted by Crippen LogP contribution is 2.39. The summed E-state index contributed by atoms with van der Waals surface area (Å²) in [4.78, 5) is 4.13. The van der Waals surface area contributed by atoms with Gasteiger partial charge in [-0.1, -0.05) is 11.6 Å². The Labute approximate surface area is 129 Å². The van der Waals surface area contributed by atoms with Crippen LogP contribution in [0.2, 0.25) is 5.02 Å². The van der Waals surface area contributed by atoms with Crippen LogP contribution in [0.5, 0.6) is 11.5 Å². The van der Waals surface area contributed by atoms with Crippen molar-refractivity contribution < 1.29 is 9.47 Å². The second kappa shape index (κ2) is 6.65. The van der Waals surface area contributed by atoms with Gasteiger partial charge in [-0.05, 0) is 30.8 Å². The molecule has 5 nitrogen and oxygen atoms in total. The topological polar surface area (TPSA) is 69.4 Å². The monoisotopic (exact) mass is 307 g/mol. The Morgan fingerprint density at radius 2 is 2.05 bits per heavy atom. The third-order valence-corrected chi connectivity index (χ3v) is 3.56. The number of pyridine rings is 1. The number of nitrogens with two attached hydrogens (primary N) is 1. The molecule has 0 amide bonds. The van der Waals surface area contributed by atoms with Gasteiger partial charge in [0.2, 0.25) is 0 Å². The summed E-state index contributed by atoms with van der Waals surface area (Å²) in [5.74, 6) is 1.08. The summed E-state index contributed by atoms with van der Waals surface area (Å²) in [7, 11) is 4.98. The lowest BCUT2D eigenvalue weighted by Gasteiger charge is -2.20. The molecule has 0 fully saturated rings. The molecule has 2 aromatic rings. The van der Waals surface area contributed by atoms with Crippen molar-refractivity contribution >= 4 is 17.3 Å². The molecule has 1 atom stereocenters. The smallest absolute Gasteiger partial charge is 0.179 e. The first-order valence-electron chi connectivity index (χ1n) is 6.40. The van der Waals surface area contributed by atoms with Crippen LogP contribution in [-0.2, 0) is 0 Å². The largest absolute Gasteiger partial charge is 0.493 e. The Kier molecular flexibility index (Phi) is 4.88. The fourth-order valence-electron chi connectivity index (χ4n) is 2.26. The van der Waals surface area contributed by atoms with Gasteiger partial charge in [0.15, 0.2) is 11.5 Å². The Hall–Kier alpha value is -1.98. The zero-order valence-corrected chi connectivity index (χ0v) is 12.9. The summed E-state index contributed by atoms with van der Waals surface area (Å²) in [6.45, 7) is 0. The van der Waals surface area contributed by atoms with Crippen LogP contribution in [0.3, 0.4) is 0 Å². The Balaban J connectivity index is 2.53. The van der Waals surface area contributed by atoms with Gasteiger partial charge in [0.1, 0.15) is 0 Å². The van der Waals surface area contributed by atoms with Crippen LogP contribution in [0.1, 0.15) is 17.2 Å². The predicted octanol–water partition coefficient (Wildman–Crippen LogP) is 2.64. The molecule has 0 bridgehead atoms. The second-order valence-electron chi connectivity index (χ2n) is 4.46. The molecular weight excluding hydrogens is 290 g/mol. The summed E-state index contributed by atoms with van der Waals surface area (Å²) >= 11 is 6.26. The van der Waals surface area contributed by atoms with Gasteiger partial charge in [0.05, 0.1) is 25.3 Å². The van der Waals surface area contributed by atoms with E-state index in [4.69, 9.17) is 26.8 Å². The molecule has 1 aromatic heterocycles. The minimum atomic E-state index is -0.143. The van der Waals surface area contributed by atoms with Crippen molar-refractivity contribution in [2.24, 2.45) is 0 Å². The van der Waals surface area contributed by atoms with Crippen LogP contribution in [0.4, 0.5) is 5.69 Å². The first-order valence-corrected chi connectivity index (χ1v) is 6.78. The van der Waals surface area contributed by atoms with Crippen LogP contribution in [0.25, 0.3) is 0 Å². The number of rotatable bonds is 5. The third-order valence-electron chi connectivity index (χ3n) is 3.28. The summed E-state index contributed by atoms with van der Waals surface area (Å²) in [6, 6.07) is 5.33. The third kappa shape index (κ3) is 3.04. The molecule has 0 saturated heterocycles. The molecule has 0 saturated carbocycles. The minimum absolute atomic E-state index is 0.143. The van der Waals surface area contributed by atoms with Crippen molar-refractivity contribution in [2.45, 2.75) is 6.04 Å². The van der Waals surface area contributed by atoms with Gasteiger partial charge in [-0.25, -0.2) is 0 Å². The fraction of sp³-hybridized carbons (Fsp3) is 0.267. The average molecular weight is 308 g/mol. The van der Waals surface area contributed by atoms with Gasteiger partial charge in [-0.2, -0.15) is 0 Å². The van der Waals surface area contributed by atoms with Crippen LogP contribution in [0, 0.1) is 0 Å². The highest BCUT2D eigenvalue weighted by atomic mass is 35.5. The molecule has 0 aliphatic carbocycles. The fourth-order valence-corrected chi connectivity index (χ4v) is 2.56. The van der Waals surface area contributed by atoms with E-state index in [0.717, 1.165) is 11.1 Å². The van der Waals surface area contributed by atoms with E-state index in [2.05, 4.69) is 10.3 Å². The van der Waals surface area contributed by atoms with Crippen molar-refractivity contribution in [3.8, 4) is 11.5 Å². The van der Waals surface area contributed by atoms with E-state index in [1.807, 2.05) is 19.2 Å². The molecule has 21 heavy (non-hydrogen) atoms. The number of nitrogen functional groups attached to an aromatic ring is 1. The first kappa shape index (κ1) is 15.4. The number of hydrogen-bond acceptors (Lipinski definition) is 5. The maximum absolute atomic E-state index is 6.26. The molecule has 0 spiro atoms. The summed E-state index contributed by atoms with van der Waals surface area (Å²) < 4.78 is 10.6. The first-order chi connectivity index (χ1) is 10.1. The van der Waals surface area contributed by atoms with Crippen LogP contribution < -0.4 is 20.5 Å². The number of aromatic nitrogens is 1. The van der Waals surface area contributed by atoms with E-state index in [1.54, 1.807) is 32.7 Å². The summed E-state index contributed by atoms with van der Waals surface area (Å²) in [5, 5.41) is 3.70. The van der Waals surface area contributed by atoms with E-state index in [1.165, 1.54) is 0 Å². The van der Waals surface area contributed by atoms with Gasteiger partial charge in [0.25, 0.3) is 0 Å². The summed E-state index contributed by atoms with van der Waals surface area (Å²) in [5.41, 5.74) is 8.49. The van der Waals surface area contributed by atoms with E-state index < -0.39 is 0 Å². The highest BCUT2D eigenvalue weighted by Gasteiger charge is 2.19. The van der Waals surface area contributed by atoms with Gasteiger partial charge in [-0.3, -0.25) is 4.98 Å². The van der Waals surface area contributed by atoms with Crippen molar-refractivity contribution in [3.05, 3.63) is 46.7 Å². The van der Waals surface area contributed by atoms with E-state index >= 15 is 0 Å². The lowest BCUT2D eigenvalue weighted by atomic mass is 9.98. The zero-order chi connectivity index (χ0) is 15.4. The van der Waals surface area contributed by atoms with Crippen LogP contribution >= 0.6 is 11.6 Å². The maximum Gasteiger partial charge on any atom is 0.179 e. The van der Waals surface area contributed by atoms with Crippen molar-refractivity contribution in [2.75, 3.05) is 27.0 Å². The minimum Gasteiger partial charge on any atom is -0.493 e. The number of hydrogen-bond donors (Lipinski definition) is 2. The number of ether oxygens (including phenoxy) is 2. The van der Waals surface area contributed by atoms with Crippen molar-refractivity contribution in [3.63, 3.8) is 0 Å². The lowest BCUT2D eigenvalue weighted by Crippen LogP contribution is -2.19. The second-order valence-corrected chi connectivity index (χ2v) is 4.87. The van der Waals surface area contributed by atoms with Crippen molar-refractivity contribution in [1.29, 1.82) is 0 Å². The number of nitrogens with zero attached hydrogens (tertiary/aromatic N) is 1. The van der Waals surface area contributed by atoms with Gasteiger partial charge >= 0.3 is 0 Å². The molecule has 2 rings (SSSR count). The molecule has 6 heteroatoms. The van der Waals surface area contributed by atoms with Gasteiger partial charge in [0, 0.05) is 23.6 Å². The molecule has 1 heterocycles. The molecule has 0 aliphatic rings. The number of anilines is 1. The number of halogens is 1. The predicted molar refractivity (Wildman–Crippen MR) is 84.1 cm³/mol. The molecule has 112 valence electrons. The molecule has 1 aromatic carbocycles.